The van der Waals surface area contributed by atoms with Crippen LogP contribution in [0.25, 0.3) is 5.69 Å². The third-order valence-corrected chi connectivity index (χ3v) is 3.64. The summed E-state index contributed by atoms with van der Waals surface area (Å²) in [7, 11) is 1.80. The zero-order valence-electron chi connectivity index (χ0n) is 13.6. The van der Waals surface area contributed by atoms with Gasteiger partial charge in [-0.1, -0.05) is 11.3 Å². The molecular weight excluding hydrogens is 311 g/mol. The van der Waals surface area contributed by atoms with Crippen molar-refractivity contribution in [2.45, 2.75) is 20.4 Å². The lowest BCUT2D eigenvalue weighted by molar-refractivity contribution is 0.0944. The minimum atomic E-state index is -0.413. The van der Waals surface area contributed by atoms with E-state index in [0.29, 0.717) is 5.69 Å². The first-order valence-electron chi connectivity index (χ1n) is 7.41. The zero-order chi connectivity index (χ0) is 17.3. The molecule has 0 aliphatic carbocycles. The van der Waals surface area contributed by atoms with Gasteiger partial charge in [-0.2, -0.15) is 5.10 Å². The van der Waals surface area contributed by atoms with Crippen molar-refractivity contribution in [3.05, 3.63) is 58.9 Å². The summed E-state index contributed by atoms with van der Waals surface area (Å²) in [5.41, 5.74) is 2.43. The molecule has 1 amide bonds. The van der Waals surface area contributed by atoms with Crippen molar-refractivity contribution in [2.24, 2.45) is 7.05 Å². The Morgan fingerprint density at radius 3 is 2.75 bits per heavy atom. The van der Waals surface area contributed by atoms with E-state index in [1.807, 2.05) is 6.07 Å². The summed E-state index contributed by atoms with van der Waals surface area (Å²) in [5, 5.41) is 14.7. The van der Waals surface area contributed by atoms with E-state index in [-0.39, 0.29) is 23.8 Å². The number of hydrogen-bond donors (Lipinski definition) is 1. The van der Waals surface area contributed by atoms with Crippen LogP contribution in [-0.4, -0.2) is 30.7 Å². The average Bonchev–Trinajstić information content (AvgIpc) is 3.11. The summed E-state index contributed by atoms with van der Waals surface area (Å²) < 4.78 is 17.1. The van der Waals surface area contributed by atoms with E-state index in [1.165, 1.54) is 10.7 Å². The van der Waals surface area contributed by atoms with Gasteiger partial charge in [-0.3, -0.25) is 9.48 Å². The molecule has 8 heteroatoms. The van der Waals surface area contributed by atoms with Crippen molar-refractivity contribution in [3.8, 4) is 5.69 Å². The van der Waals surface area contributed by atoms with Crippen molar-refractivity contribution < 1.29 is 9.18 Å². The van der Waals surface area contributed by atoms with Crippen molar-refractivity contribution >= 4 is 5.91 Å². The van der Waals surface area contributed by atoms with Gasteiger partial charge in [0.1, 0.15) is 11.5 Å². The molecule has 0 atom stereocenters. The summed E-state index contributed by atoms with van der Waals surface area (Å²) in [5.74, 6) is -0.791. The van der Waals surface area contributed by atoms with Crippen LogP contribution in [0.1, 0.15) is 27.4 Å². The standard InChI is InChI=1S/C16H17FN6O/c1-10-4-5-14(13(17)8-10)23-11(2)15(19-21-23)16(24)18-9-12-6-7-22(3)20-12/h4-8H,9H2,1-3H3,(H,18,24). The van der Waals surface area contributed by atoms with Gasteiger partial charge in [-0.05, 0) is 37.6 Å². The molecule has 2 heterocycles. The van der Waals surface area contributed by atoms with Gasteiger partial charge in [0.25, 0.3) is 5.91 Å². The molecule has 0 spiro atoms. The summed E-state index contributed by atoms with van der Waals surface area (Å²) in [6, 6.07) is 6.62. The molecule has 3 rings (SSSR count). The van der Waals surface area contributed by atoms with Gasteiger partial charge in [-0.25, -0.2) is 9.07 Å². The summed E-state index contributed by atoms with van der Waals surface area (Å²) in [6.45, 7) is 3.76. The third kappa shape index (κ3) is 3.03. The average molecular weight is 328 g/mol. The van der Waals surface area contributed by atoms with Gasteiger partial charge in [-0.15, -0.1) is 5.10 Å². The molecule has 1 N–H and O–H groups in total. The Bertz CT molecular complexity index is 898. The Kier molecular flexibility index (Phi) is 4.11. The first-order chi connectivity index (χ1) is 11.5. The van der Waals surface area contributed by atoms with Gasteiger partial charge < -0.3 is 5.32 Å². The van der Waals surface area contributed by atoms with Gasteiger partial charge in [0.2, 0.25) is 0 Å². The number of halogens is 1. The second-order valence-electron chi connectivity index (χ2n) is 5.55. The highest BCUT2D eigenvalue weighted by Crippen LogP contribution is 2.17. The van der Waals surface area contributed by atoms with E-state index in [4.69, 9.17) is 0 Å². The lowest BCUT2D eigenvalue weighted by Crippen LogP contribution is -2.24. The van der Waals surface area contributed by atoms with Crippen LogP contribution in [0.5, 0.6) is 0 Å². The van der Waals surface area contributed by atoms with Crippen molar-refractivity contribution in [2.75, 3.05) is 0 Å². The van der Waals surface area contributed by atoms with Crippen LogP contribution >= 0.6 is 0 Å². The van der Waals surface area contributed by atoms with E-state index in [1.54, 1.807) is 43.9 Å². The van der Waals surface area contributed by atoms with Crippen LogP contribution in [0, 0.1) is 19.7 Å². The fraction of sp³-hybridized carbons (Fsp3) is 0.250. The van der Waals surface area contributed by atoms with Crippen molar-refractivity contribution in [1.29, 1.82) is 0 Å². The molecule has 0 aliphatic heterocycles. The monoisotopic (exact) mass is 328 g/mol. The van der Waals surface area contributed by atoms with Crippen molar-refractivity contribution in [1.82, 2.24) is 30.1 Å². The first-order valence-corrected chi connectivity index (χ1v) is 7.41. The number of hydrogen-bond acceptors (Lipinski definition) is 4. The summed E-state index contributed by atoms with van der Waals surface area (Å²) in [6.07, 6.45) is 1.79. The highest BCUT2D eigenvalue weighted by Gasteiger charge is 2.19. The van der Waals surface area contributed by atoms with Gasteiger partial charge in [0.05, 0.1) is 17.9 Å². The van der Waals surface area contributed by atoms with E-state index in [0.717, 1.165) is 11.3 Å². The van der Waals surface area contributed by atoms with Crippen LogP contribution in [0.3, 0.4) is 0 Å². The molecular formula is C16H17FN6O. The quantitative estimate of drug-likeness (QED) is 0.790. The normalized spacial score (nSPS) is 10.8. The zero-order valence-corrected chi connectivity index (χ0v) is 13.6. The molecule has 0 unspecified atom stereocenters. The van der Waals surface area contributed by atoms with Gasteiger partial charge >= 0.3 is 0 Å². The van der Waals surface area contributed by atoms with Gasteiger partial charge in [0.15, 0.2) is 5.69 Å². The number of aromatic nitrogens is 5. The highest BCUT2D eigenvalue weighted by atomic mass is 19.1. The fourth-order valence-electron chi connectivity index (χ4n) is 2.36. The van der Waals surface area contributed by atoms with Crippen LogP contribution in [-0.2, 0) is 13.6 Å². The predicted octanol–water partition coefficient (Wildman–Crippen LogP) is 1.69. The van der Waals surface area contributed by atoms with Crippen molar-refractivity contribution in [3.63, 3.8) is 0 Å². The summed E-state index contributed by atoms with van der Waals surface area (Å²) in [4.78, 5) is 12.3. The lowest BCUT2D eigenvalue weighted by atomic mass is 10.2. The Morgan fingerprint density at radius 1 is 1.29 bits per heavy atom. The highest BCUT2D eigenvalue weighted by molar-refractivity contribution is 5.93. The van der Waals surface area contributed by atoms with Crippen LogP contribution in [0.15, 0.2) is 30.5 Å². The van der Waals surface area contributed by atoms with Crippen LogP contribution in [0.2, 0.25) is 0 Å². The number of carbonyl (C=O) groups excluding carboxylic acids is 1. The maximum Gasteiger partial charge on any atom is 0.274 e. The number of rotatable bonds is 4. The van der Waals surface area contributed by atoms with Gasteiger partial charge in [0, 0.05) is 13.2 Å². The number of carbonyl (C=O) groups is 1. The maximum absolute atomic E-state index is 14.1. The smallest absolute Gasteiger partial charge is 0.274 e. The Hall–Kier alpha value is -3.03. The summed E-state index contributed by atoms with van der Waals surface area (Å²) >= 11 is 0. The first kappa shape index (κ1) is 15.9. The molecule has 0 saturated heterocycles. The van der Waals surface area contributed by atoms with Crippen LogP contribution < -0.4 is 5.32 Å². The Balaban J connectivity index is 1.80. The minimum absolute atomic E-state index is 0.158. The topological polar surface area (TPSA) is 77.6 Å². The maximum atomic E-state index is 14.1. The number of amides is 1. The second-order valence-corrected chi connectivity index (χ2v) is 5.55. The van der Waals surface area contributed by atoms with Crippen LogP contribution in [0.4, 0.5) is 4.39 Å². The molecule has 3 aromatic rings. The van der Waals surface area contributed by atoms with E-state index in [2.05, 4.69) is 20.7 Å². The minimum Gasteiger partial charge on any atom is -0.345 e. The number of aryl methyl sites for hydroxylation is 2. The molecule has 2 aromatic heterocycles. The Morgan fingerprint density at radius 2 is 2.08 bits per heavy atom. The number of nitrogens with zero attached hydrogens (tertiary/aromatic N) is 5. The molecule has 1 aromatic carbocycles. The predicted molar refractivity (Wildman–Crippen MR) is 85.2 cm³/mol. The fourth-order valence-corrected chi connectivity index (χ4v) is 2.36. The molecule has 0 saturated carbocycles. The second kappa shape index (κ2) is 6.23. The number of benzene rings is 1. The molecule has 0 radical (unpaired) electrons. The molecule has 124 valence electrons. The largest absolute Gasteiger partial charge is 0.345 e. The van der Waals surface area contributed by atoms with E-state index < -0.39 is 5.82 Å². The third-order valence-electron chi connectivity index (χ3n) is 3.64. The molecule has 0 fully saturated rings. The van der Waals surface area contributed by atoms with E-state index >= 15 is 0 Å². The molecule has 7 nitrogen and oxygen atoms in total. The SMILES string of the molecule is Cc1ccc(-n2nnc(C(=O)NCc3ccn(C)n3)c2C)c(F)c1. The molecule has 24 heavy (non-hydrogen) atoms. The lowest BCUT2D eigenvalue weighted by Gasteiger charge is -2.06. The Labute approximate surface area is 138 Å². The molecule has 0 bridgehead atoms. The molecule has 0 aliphatic rings. The van der Waals surface area contributed by atoms with E-state index in [9.17, 15) is 9.18 Å². The number of nitrogens with one attached hydrogen (secondary N) is 1.